The van der Waals surface area contributed by atoms with Crippen LogP contribution in [0.5, 0.6) is 0 Å². The Morgan fingerprint density at radius 3 is 2.18 bits per heavy atom. The molecule has 0 amide bonds. The first-order valence-corrected chi connectivity index (χ1v) is 13.3. The lowest BCUT2D eigenvalue weighted by Crippen LogP contribution is -2.51. The molecule has 7 rings (SSSR count). The maximum Gasteiger partial charge on any atom is 0.367 e. The van der Waals surface area contributed by atoms with Crippen LogP contribution in [0.4, 0.5) is 8.78 Å². The van der Waals surface area contributed by atoms with E-state index in [1.165, 1.54) is 6.42 Å². The average Bonchev–Trinajstić information content (AvgIpc) is 3.34. The van der Waals surface area contributed by atoms with Crippen molar-refractivity contribution in [2.75, 3.05) is 6.61 Å². The van der Waals surface area contributed by atoms with E-state index in [-0.39, 0.29) is 23.7 Å². The molecule has 34 heavy (non-hydrogen) atoms. The lowest BCUT2D eigenvalue weighted by Gasteiger charge is -2.53. The van der Waals surface area contributed by atoms with Crippen molar-refractivity contribution in [3.63, 3.8) is 0 Å². The number of rotatable bonds is 6. The van der Waals surface area contributed by atoms with E-state index in [9.17, 15) is 36.1 Å². The summed E-state index contributed by atoms with van der Waals surface area (Å²) in [6, 6.07) is 0. The van der Waals surface area contributed by atoms with E-state index < -0.39 is 69.8 Å². The highest BCUT2D eigenvalue weighted by molar-refractivity contribution is 7.86. The first-order valence-electron chi connectivity index (χ1n) is 11.9. The summed E-state index contributed by atoms with van der Waals surface area (Å²) in [6.45, 7) is -1.94. The molecule has 0 aromatic carbocycles. The van der Waals surface area contributed by atoms with Crippen molar-refractivity contribution in [3.8, 4) is 0 Å². The molecule has 0 aromatic rings. The Hall–Kier alpha value is -1.82. The van der Waals surface area contributed by atoms with Crippen LogP contribution < -0.4 is 0 Å². The summed E-state index contributed by atoms with van der Waals surface area (Å²) in [7, 11) is -6.02. The van der Waals surface area contributed by atoms with Crippen LogP contribution in [0.3, 0.4) is 0 Å². The van der Waals surface area contributed by atoms with Gasteiger partial charge < -0.3 is 18.8 Å². The van der Waals surface area contributed by atoms with Crippen molar-refractivity contribution in [2.45, 2.75) is 56.0 Å². The Morgan fingerprint density at radius 2 is 1.59 bits per heavy atom. The highest BCUT2D eigenvalue weighted by atomic mass is 32.2. The largest absolute Gasteiger partial charge is 0.743 e. The van der Waals surface area contributed by atoms with Crippen LogP contribution in [-0.4, -0.2) is 54.9 Å². The van der Waals surface area contributed by atoms with E-state index in [1.807, 2.05) is 0 Å². The number of carbonyl (C=O) groups is 3. The minimum atomic E-state index is -6.02. The van der Waals surface area contributed by atoms with Gasteiger partial charge in [0.2, 0.25) is 0 Å². The van der Waals surface area contributed by atoms with Crippen molar-refractivity contribution in [3.05, 3.63) is 0 Å². The van der Waals surface area contributed by atoms with Gasteiger partial charge in [0.25, 0.3) is 0 Å². The molecule has 188 valence electrons. The molecule has 6 bridgehead atoms. The first kappa shape index (κ1) is 22.6. The Bertz CT molecular complexity index is 1010. The van der Waals surface area contributed by atoms with Crippen LogP contribution in [0.1, 0.15) is 38.5 Å². The second-order valence-electron chi connectivity index (χ2n) is 11.1. The SMILES string of the molecule is O=C(OC1C2CC3C1OC(=O)C3C2C(=O)OCC(F)(F)S(=O)(=O)[O-])C1C2CC3CC(C2)CC1C3. The lowest BCUT2D eigenvalue weighted by molar-refractivity contribution is -0.180. The van der Waals surface area contributed by atoms with Gasteiger partial charge in [-0.3, -0.25) is 14.4 Å². The Balaban J connectivity index is 1.18. The molecule has 6 atom stereocenters. The number of fused-ring (bicyclic) bond motifs is 1. The molecule has 1 aliphatic heterocycles. The van der Waals surface area contributed by atoms with E-state index in [2.05, 4.69) is 4.74 Å². The fourth-order valence-electron chi connectivity index (χ4n) is 8.32. The van der Waals surface area contributed by atoms with Crippen molar-refractivity contribution in [1.82, 2.24) is 0 Å². The molecule has 1 heterocycles. The van der Waals surface area contributed by atoms with E-state index in [0.29, 0.717) is 18.3 Å². The summed E-state index contributed by atoms with van der Waals surface area (Å²) in [4.78, 5) is 38.4. The molecular formula is C22H25F2O9S-. The standard InChI is InChI=1S/C22H26F2O9S/c23-22(24,34(28,29)30)7-31-19(25)15-12-6-13-16(15)21(27)33-18(13)17(12)32-20(26)14-10-2-8-1-9(4-10)5-11(14)3-8/h8-18H,1-7H2,(H,28,29,30)/p-1. The van der Waals surface area contributed by atoms with Crippen molar-refractivity contribution in [1.29, 1.82) is 0 Å². The number of carbonyl (C=O) groups excluding carboxylic acids is 3. The minimum Gasteiger partial charge on any atom is -0.743 e. The second kappa shape index (κ2) is 7.35. The summed E-state index contributed by atoms with van der Waals surface area (Å²) < 4.78 is 74.9. The number of hydrogen-bond donors (Lipinski definition) is 0. The zero-order valence-corrected chi connectivity index (χ0v) is 19.0. The number of ether oxygens (including phenoxy) is 3. The van der Waals surface area contributed by atoms with Gasteiger partial charge in [-0.25, -0.2) is 8.42 Å². The number of alkyl halides is 2. The third-order valence-electron chi connectivity index (χ3n) is 9.32. The molecule has 9 nitrogen and oxygen atoms in total. The van der Waals surface area contributed by atoms with Gasteiger partial charge in [-0.2, -0.15) is 8.78 Å². The molecule has 6 unspecified atom stereocenters. The molecule has 0 aromatic heterocycles. The zero-order valence-electron chi connectivity index (χ0n) is 18.1. The smallest absolute Gasteiger partial charge is 0.367 e. The third kappa shape index (κ3) is 3.23. The van der Waals surface area contributed by atoms with Crippen LogP contribution in [-0.2, 0) is 38.7 Å². The molecule has 1 saturated heterocycles. The molecule has 7 aliphatic rings. The van der Waals surface area contributed by atoms with Crippen LogP contribution in [0.25, 0.3) is 0 Å². The maximum absolute atomic E-state index is 13.5. The molecular weight excluding hydrogens is 478 g/mol. The van der Waals surface area contributed by atoms with Gasteiger partial charge in [-0.1, -0.05) is 0 Å². The summed E-state index contributed by atoms with van der Waals surface area (Å²) in [5.74, 6) is -3.75. The molecule has 0 spiro atoms. The van der Waals surface area contributed by atoms with Crippen molar-refractivity contribution in [2.24, 2.45) is 53.3 Å². The molecule has 6 aliphatic carbocycles. The van der Waals surface area contributed by atoms with Crippen LogP contribution in [0, 0.1) is 53.3 Å². The van der Waals surface area contributed by atoms with Gasteiger partial charge in [0.1, 0.15) is 12.2 Å². The first-order chi connectivity index (χ1) is 15.9. The number of hydrogen-bond acceptors (Lipinski definition) is 9. The van der Waals surface area contributed by atoms with Crippen molar-refractivity contribution >= 4 is 28.0 Å². The predicted molar refractivity (Wildman–Crippen MR) is 104 cm³/mol. The fourth-order valence-corrected chi connectivity index (χ4v) is 8.52. The molecule has 0 N–H and O–H groups in total. The van der Waals surface area contributed by atoms with Gasteiger partial charge in [-0.15, -0.1) is 0 Å². The fraction of sp³-hybridized carbons (Fsp3) is 0.864. The molecule has 6 saturated carbocycles. The number of esters is 3. The van der Waals surface area contributed by atoms with Gasteiger partial charge in [0, 0.05) is 11.8 Å². The highest BCUT2D eigenvalue weighted by Gasteiger charge is 2.70. The van der Waals surface area contributed by atoms with E-state index in [0.717, 1.165) is 25.7 Å². The minimum absolute atomic E-state index is 0.216. The summed E-state index contributed by atoms with van der Waals surface area (Å²) in [5.41, 5.74) is 0. The second-order valence-corrected chi connectivity index (χ2v) is 12.6. The molecule has 12 heteroatoms. The Kier molecular flexibility index (Phi) is 4.89. The van der Waals surface area contributed by atoms with E-state index in [1.54, 1.807) is 0 Å². The Labute approximate surface area is 194 Å². The summed E-state index contributed by atoms with van der Waals surface area (Å²) >= 11 is 0. The lowest BCUT2D eigenvalue weighted by atomic mass is 9.52. The van der Waals surface area contributed by atoms with Gasteiger partial charge >= 0.3 is 23.2 Å². The maximum atomic E-state index is 13.5. The normalized spacial score (nSPS) is 46.0. The average molecular weight is 503 g/mol. The van der Waals surface area contributed by atoms with E-state index in [4.69, 9.17) is 9.47 Å². The van der Waals surface area contributed by atoms with Crippen LogP contribution in [0.2, 0.25) is 0 Å². The van der Waals surface area contributed by atoms with Crippen molar-refractivity contribution < 1.29 is 50.3 Å². The summed E-state index contributed by atoms with van der Waals surface area (Å²) in [5, 5.41) is -4.79. The monoisotopic (exact) mass is 503 g/mol. The van der Waals surface area contributed by atoms with Gasteiger partial charge in [-0.05, 0) is 62.2 Å². The number of halogens is 2. The van der Waals surface area contributed by atoms with Crippen LogP contribution >= 0.6 is 0 Å². The topological polar surface area (TPSA) is 136 Å². The van der Waals surface area contributed by atoms with E-state index >= 15 is 0 Å². The molecule has 7 fully saturated rings. The Morgan fingerprint density at radius 1 is 0.971 bits per heavy atom. The predicted octanol–water partition coefficient (Wildman–Crippen LogP) is 1.46. The summed E-state index contributed by atoms with van der Waals surface area (Å²) in [6.07, 6.45) is 4.04. The molecule has 0 radical (unpaired) electrons. The third-order valence-corrected chi connectivity index (χ3v) is 10.2. The highest BCUT2D eigenvalue weighted by Crippen LogP contribution is 2.60. The van der Waals surface area contributed by atoms with Crippen LogP contribution in [0.15, 0.2) is 0 Å². The van der Waals surface area contributed by atoms with Gasteiger partial charge in [0.05, 0.1) is 17.8 Å². The van der Waals surface area contributed by atoms with Gasteiger partial charge in [0.15, 0.2) is 16.7 Å². The quantitative estimate of drug-likeness (QED) is 0.300. The zero-order chi connectivity index (χ0) is 24.2.